The maximum Gasteiger partial charge on any atom is 0.325 e. The Morgan fingerprint density at radius 3 is 2.80 bits per heavy atom. The molecule has 0 aliphatic heterocycles. The van der Waals surface area contributed by atoms with Crippen LogP contribution in [0.5, 0.6) is 0 Å². The number of hydrogen-bond acceptors (Lipinski definition) is 4. The molecule has 6 heteroatoms. The number of hydrogen-bond donors (Lipinski definition) is 2. The van der Waals surface area contributed by atoms with Crippen LogP contribution in [0.15, 0.2) is 10.8 Å². The highest BCUT2D eigenvalue weighted by Gasteiger charge is 2.15. The number of aromatic nitrogens is 1. The number of carboxylic acids is 1. The van der Waals surface area contributed by atoms with Crippen LogP contribution in [0.1, 0.15) is 18.2 Å². The third-order valence-electron chi connectivity index (χ3n) is 1.95. The van der Waals surface area contributed by atoms with Crippen molar-refractivity contribution in [3.05, 3.63) is 17.5 Å². The van der Waals surface area contributed by atoms with Crippen molar-refractivity contribution >= 4 is 11.9 Å². The summed E-state index contributed by atoms with van der Waals surface area (Å²) < 4.78 is 4.65. The summed E-state index contributed by atoms with van der Waals surface area (Å²) in [5.74, 6) is -1.43. The lowest BCUT2D eigenvalue weighted by molar-refractivity contribution is -0.141. The van der Waals surface area contributed by atoms with E-state index in [1.54, 1.807) is 6.92 Å². The van der Waals surface area contributed by atoms with Crippen LogP contribution < -0.4 is 5.32 Å². The number of rotatable bonds is 4. The van der Waals surface area contributed by atoms with Crippen molar-refractivity contribution in [1.82, 2.24) is 10.5 Å². The molecular formula is C9H12N2O4. The van der Waals surface area contributed by atoms with Gasteiger partial charge in [-0.05, 0) is 13.8 Å². The summed E-state index contributed by atoms with van der Waals surface area (Å²) in [5, 5.41) is 14.5. The standard InChI is InChI=1S/C9H12N2O4/c1-5-7(4-15-11-5)3-8(12)10-6(2)9(13)14/h4,6H,3H2,1-2H3,(H,10,12)(H,13,14)/t6-/m0/s1. The predicted octanol–water partition coefficient (Wildman–Crippen LogP) is 0.115. The normalized spacial score (nSPS) is 12.1. The maximum absolute atomic E-state index is 11.3. The molecule has 0 unspecified atom stereocenters. The number of carbonyl (C=O) groups is 2. The minimum absolute atomic E-state index is 0.0763. The largest absolute Gasteiger partial charge is 0.480 e. The van der Waals surface area contributed by atoms with Crippen molar-refractivity contribution in [3.63, 3.8) is 0 Å². The van der Waals surface area contributed by atoms with Gasteiger partial charge in [-0.25, -0.2) is 0 Å². The molecule has 1 aromatic heterocycles. The molecule has 0 spiro atoms. The molecule has 0 radical (unpaired) electrons. The smallest absolute Gasteiger partial charge is 0.325 e. The number of aliphatic carboxylic acids is 1. The first kappa shape index (κ1) is 11.2. The SMILES string of the molecule is Cc1nocc1CC(=O)N[C@@H](C)C(=O)O. The molecule has 0 saturated heterocycles. The fourth-order valence-corrected chi connectivity index (χ4v) is 1.01. The number of aryl methyl sites for hydroxylation is 1. The van der Waals surface area contributed by atoms with E-state index in [2.05, 4.69) is 15.0 Å². The van der Waals surface area contributed by atoms with Gasteiger partial charge in [-0.15, -0.1) is 0 Å². The molecule has 1 amide bonds. The molecular weight excluding hydrogens is 200 g/mol. The highest BCUT2D eigenvalue weighted by molar-refractivity contribution is 5.84. The van der Waals surface area contributed by atoms with Crippen LogP contribution in [0.25, 0.3) is 0 Å². The monoisotopic (exact) mass is 212 g/mol. The molecule has 1 atom stereocenters. The van der Waals surface area contributed by atoms with Gasteiger partial charge in [0, 0.05) is 5.56 Å². The first-order chi connectivity index (χ1) is 7.00. The Hall–Kier alpha value is -1.85. The summed E-state index contributed by atoms with van der Waals surface area (Å²) in [5.41, 5.74) is 1.29. The predicted molar refractivity (Wildman–Crippen MR) is 50.2 cm³/mol. The average molecular weight is 212 g/mol. The van der Waals surface area contributed by atoms with Gasteiger partial charge in [0.15, 0.2) is 0 Å². The van der Waals surface area contributed by atoms with E-state index in [1.165, 1.54) is 13.2 Å². The van der Waals surface area contributed by atoms with E-state index in [-0.39, 0.29) is 12.3 Å². The van der Waals surface area contributed by atoms with E-state index in [0.717, 1.165) is 0 Å². The summed E-state index contributed by atoms with van der Waals surface area (Å²) in [6.07, 6.45) is 1.45. The lowest BCUT2D eigenvalue weighted by Crippen LogP contribution is -2.39. The second kappa shape index (κ2) is 4.59. The number of amides is 1. The summed E-state index contributed by atoms with van der Waals surface area (Å²) in [6.45, 7) is 3.12. The zero-order chi connectivity index (χ0) is 11.4. The van der Waals surface area contributed by atoms with Crippen molar-refractivity contribution in [2.45, 2.75) is 26.3 Å². The van der Waals surface area contributed by atoms with Crippen molar-refractivity contribution in [1.29, 1.82) is 0 Å². The van der Waals surface area contributed by atoms with Crippen LogP contribution in [0.4, 0.5) is 0 Å². The van der Waals surface area contributed by atoms with Gasteiger partial charge in [0.05, 0.1) is 12.1 Å². The van der Waals surface area contributed by atoms with Crippen LogP contribution in [0.3, 0.4) is 0 Å². The fraction of sp³-hybridized carbons (Fsp3) is 0.444. The molecule has 0 aromatic carbocycles. The third kappa shape index (κ3) is 3.08. The first-order valence-corrected chi connectivity index (χ1v) is 4.42. The van der Waals surface area contributed by atoms with Gasteiger partial charge in [-0.2, -0.15) is 0 Å². The van der Waals surface area contributed by atoms with Crippen molar-refractivity contribution in [3.8, 4) is 0 Å². The first-order valence-electron chi connectivity index (χ1n) is 4.42. The van der Waals surface area contributed by atoms with Gasteiger partial charge in [0.25, 0.3) is 0 Å². The molecule has 0 saturated carbocycles. The molecule has 1 heterocycles. The van der Waals surface area contributed by atoms with E-state index in [4.69, 9.17) is 5.11 Å². The number of carboxylic acid groups (broad SMARTS) is 1. The molecule has 0 bridgehead atoms. The molecule has 0 fully saturated rings. The Morgan fingerprint density at radius 2 is 2.33 bits per heavy atom. The average Bonchev–Trinajstić information content (AvgIpc) is 2.51. The Kier molecular flexibility index (Phi) is 3.43. The number of carbonyl (C=O) groups excluding carboxylic acids is 1. The minimum atomic E-state index is -1.06. The number of nitrogens with zero attached hydrogens (tertiary/aromatic N) is 1. The van der Waals surface area contributed by atoms with Gasteiger partial charge in [0.1, 0.15) is 12.3 Å². The molecule has 1 rings (SSSR count). The fourth-order valence-electron chi connectivity index (χ4n) is 1.01. The van der Waals surface area contributed by atoms with Gasteiger partial charge < -0.3 is 14.9 Å². The highest BCUT2D eigenvalue weighted by atomic mass is 16.5. The van der Waals surface area contributed by atoms with Gasteiger partial charge in [0.2, 0.25) is 5.91 Å². The Morgan fingerprint density at radius 1 is 1.67 bits per heavy atom. The van der Waals surface area contributed by atoms with E-state index in [9.17, 15) is 9.59 Å². The summed E-state index contributed by atoms with van der Waals surface area (Å²) in [6, 6.07) is -0.891. The van der Waals surface area contributed by atoms with Crippen LogP contribution >= 0.6 is 0 Å². The minimum Gasteiger partial charge on any atom is -0.480 e. The van der Waals surface area contributed by atoms with Crippen molar-refractivity contribution < 1.29 is 19.2 Å². The molecule has 82 valence electrons. The molecule has 1 aromatic rings. The van der Waals surface area contributed by atoms with E-state index in [0.29, 0.717) is 11.3 Å². The topological polar surface area (TPSA) is 92.4 Å². The molecule has 0 aliphatic rings. The van der Waals surface area contributed by atoms with Crippen molar-refractivity contribution in [2.24, 2.45) is 0 Å². The van der Waals surface area contributed by atoms with Gasteiger partial charge in [-0.3, -0.25) is 9.59 Å². The molecule has 6 nitrogen and oxygen atoms in total. The zero-order valence-electron chi connectivity index (χ0n) is 8.48. The van der Waals surface area contributed by atoms with Crippen LogP contribution in [0.2, 0.25) is 0 Å². The quantitative estimate of drug-likeness (QED) is 0.739. The third-order valence-corrected chi connectivity index (χ3v) is 1.95. The van der Waals surface area contributed by atoms with Crippen LogP contribution in [0, 0.1) is 6.92 Å². The Balaban J connectivity index is 2.50. The number of nitrogens with one attached hydrogen (secondary N) is 1. The van der Waals surface area contributed by atoms with Gasteiger partial charge in [-0.1, -0.05) is 5.16 Å². The van der Waals surface area contributed by atoms with Gasteiger partial charge >= 0.3 is 5.97 Å². The molecule has 2 N–H and O–H groups in total. The highest BCUT2D eigenvalue weighted by Crippen LogP contribution is 2.05. The summed E-state index contributed by atoms with van der Waals surface area (Å²) in [7, 11) is 0. The lowest BCUT2D eigenvalue weighted by atomic mass is 10.2. The van der Waals surface area contributed by atoms with E-state index >= 15 is 0 Å². The van der Waals surface area contributed by atoms with E-state index < -0.39 is 12.0 Å². The second-order valence-electron chi connectivity index (χ2n) is 3.23. The summed E-state index contributed by atoms with van der Waals surface area (Å²) in [4.78, 5) is 21.8. The molecule has 15 heavy (non-hydrogen) atoms. The molecule has 0 aliphatic carbocycles. The summed E-state index contributed by atoms with van der Waals surface area (Å²) >= 11 is 0. The Bertz CT molecular complexity index is 372. The maximum atomic E-state index is 11.3. The Labute approximate surface area is 86.3 Å². The zero-order valence-corrected chi connectivity index (χ0v) is 8.48. The lowest BCUT2D eigenvalue weighted by Gasteiger charge is -2.08. The van der Waals surface area contributed by atoms with Crippen LogP contribution in [-0.2, 0) is 16.0 Å². The second-order valence-corrected chi connectivity index (χ2v) is 3.23. The van der Waals surface area contributed by atoms with Crippen molar-refractivity contribution in [2.75, 3.05) is 0 Å². The van der Waals surface area contributed by atoms with E-state index in [1.807, 2.05) is 0 Å². The van der Waals surface area contributed by atoms with Crippen LogP contribution in [-0.4, -0.2) is 28.2 Å².